The van der Waals surface area contributed by atoms with Gasteiger partial charge in [0.25, 0.3) is 0 Å². The predicted molar refractivity (Wildman–Crippen MR) is 72.8 cm³/mol. The van der Waals surface area contributed by atoms with Gasteiger partial charge in [0.05, 0.1) is 4.34 Å². The van der Waals surface area contributed by atoms with E-state index >= 15 is 0 Å². The number of aryl methyl sites for hydroxylation is 1. The number of hydrogen-bond acceptors (Lipinski definition) is 3. The van der Waals surface area contributed by atoms with Crippen LogP contribution in [-0.2, 0) is 13.0 Å². The minimum atomic E-state index is 0.238. The fourth-order valence-electron chi connectivity index (χ4n) is 2.11. The maximum atomic E-state index is 11.5. The standard InChI is InChI=1S/C14H11ClO2S/c15-14-6-3-11(18-14)8-17-10-2-4-12-9(7-10)1-5-13(12)16/h2-4,6-7H,1,5,8H2. The van der Waals surface area contributed by atoms with Crippen molar-refractivity contribution in [2.75, 3.05) is 0 Å². The van der Waals surface area contributed by atoms with Crippen molar-refractivity contribution >= 4 is 28.7 Å². The van der Waals surface area contributed by atoms with Crippen molar-refractivity contribution in [3.8, 4) is 5.75 Å². The highest BCUT2D eigenvalue weighted by atomic mass is 35.5. The number of carbonyl (C=O) groups is 1. The van der Waals surface area contributed by atoms with Gasteiger partial charge in [-0.25, -0.2) is 0 Å². The summed E-state index contributed by atoms with van der Waals surface area (Å²) in [5.74, 6) is 1.05. The molecule has 0 aliphatic heterocycles. The second kappa shape index (κ2) is 4.75. The maximum Gasteiger partial charge on any atom is 0.163 e. The second-order valence-electron chi connectivity index (χ2n) is 4.24. The van der Waals surface area contributed by atoms with Crippen molar-refractivity contribution in [1.82, 2.24) is 0 Å². The molecule has 2 aromatic rings. The molecule has 0 bridgehead atoms. The van der Waals surface area contributed by atoms with E-state index in [0.717, 1.165) is 32.5 Å². The third-order valence-electron chi connectivity index (χ3n) is 3.01. The number of ketones is 1. The monoisotopic (exact) mass is 278 g/mol. The lowest BCUT2D eigenvalue weighted by atomic mass is 10.1. The normalized spacial score (nSPS) is 13.7. The Morgan fingerprint density at radius 2 is 2.11 bits per heavy atom. The summed E-state index contributed by atoms with van der Waals surface area (Å²) in [4.78, 5) is 12.6. The first-order valence-corrected chi connectivity index (χ1v) is 6.95. The average molecular weight is 279 g/mol. The number of Topliss-reactive ketones (excluding diaryl/α,β-unsaturated/α-hetero) is 1. The zero-order valence-corrected chi connectivity index (χ0v) is 11.2. The molecule has 1 aromatic carbocycles. The molecule has 18 heavy (non-hydrogen) atoms. The molecule has 4 heteroatoms. The third kappa shape index (κ3) is 2.28. The Morgan fingerprint density at radius 3 is 2.89 bits per heavy atom. The van der Waals surface area contributed by atoms with Crippen molar-refractivity contribution in [2.45, 2.75) is 19.4 Å². The summed E-state index contributed by atoms with van der Waals surface area (Å²) in [7, 11) is 0. The Kier molecular flexibility index (Phi) is 3.10. The smallest absolute Gasteiger partial charge is 0.163 e. The number of hydrogen-bond donors (Lipinski definition) is 0. The van der Waals surface area contributed by atoms with E-state index in [4.69, 9.17) is 16.3 Å². The SMILES string of the molecule is O=C1CCc2cc(OCc3ccc(Cl)s3)ccc21. The Hall–Kier alpha value is -1.32. The van der Waals surface area contributed by atoms with E-state index in [1.54, 1.807) is 0 Å². The van der Waals surface area contributed by atoms with Gasteiger partial charge in [-0.1, -0.05) is 11.6 Å². The molecule has 92 valence electrons. The van der Waals surface area contributed by atoms with E-state index in [0.29, 0.717) is 13.0 Å². The van der Waals surface area contributed by atoms with E-state index in [1.165, 1.54) is 11.3 Å². The number of halogens is 1. The number of rotatable bonds is 3. The molecule has 0 unspecified atom stereocenters. The molecule has 0 atom stereocenters. The van der Waals surface area contributed by atoms with Crippen LogP contribution in [0, 0.1) is 0 Å². The Morgan fingerprint density at radius 1 is 1.22 bits per heavy atom. The van der Waals surface area contributed by atoms with Gasteiger partial charge in [-0.2, -0.15) is 0 Å². The molecule has 0 N–H and O–H groups in total. The van der Waals surface area contributed by atoms with Crippen molar-refractivity contribution in [3.63, 3.8) is 0 Å². The maximum absolute atomic E-state index is 11.5. The molecule has 0 radical (unpaired) electrons. The first kappa shape index (κ1) is 11.8. The van der Waals surface area contributed by atoms with E-state index in [1.807, 2.05) is 30.3 Å². The Bertz CT molecular complexity index is 604. The van der Waals surface area contributed by atoms with Gasteiger partial charge < -0.3 is 4.74 Å². The summed E-state index contributed by atoms with van der Waals surface area (Å²) >= 11 is 7.38. The lowest BCUT2D eigenvalue weighted by Crippen LogP contribution is -1.95. The van der Waals surface area contributed by atoms with Gasteiger partial charge >= 0.3 is 0 Å². The number of carbonyl (C=O) groups excluding carboxylic acids is 1. The molecule has 0 fully saturated rings. The lowest BCUT2D eigenvalue weighted by Gasteiger charge is -2.06. The zero-order chi connectivity index (χ0) is 12.5. The summed E-state index contributed by atoms with van der Waals surface area (Å²) in [5, 5.41) is 0. The number of fused-ring (bicyclic) bond motifs is 1. The molecular weight excluding hydrogens is 268 g/mol. The van der Waals surface area contributed by atoms with Crippen LogP contribution < -0.4 is 4.74 Å². The Labute approximate surface area is 114 Å². The van der Waals surface area contributed by atoms with Gasteiger partial charge in [-0.05, 0) is 42.3 Å². The van der Waals surface area contributed by atoms with Crippen LogP contribution in [0.15, 0.2) is 30.3 Å². The minimum Gasteiger partial charge on any atom is -0.488 e. The van der Waals surface area contributed by atoms with Crippen LogP contribution in [0.3, 0.4) is 0 Å². The van der Waals surface area contributed by atoms with Crippen LogP contribution in [0.25, 0.3) is 0 Å². The quantitative estimate of drug-likeness (QED) is 0.844. The fourth-order valence-corrected chi connectivity index (χ4v) is 3.11. The first-order chi connectivity index (χ1) is 8.72. The summed E-state index contributed by atoms with van der Waals surface area (Å²) in [6.07, 6.45) is 1.45. The molecule has 0 spiro atoms. The molecule has 1 aliphatic carbocycles. The molecule has 2 nitrogen and oxygen atoms in total. The minimum absolute atomic E-state index is 0.238. The van der Waals surface area contributed by atoms with Crippen LogP contribution >= 0.6 is 22.9 Å². The number of benzene rings is 1. The highest BCUT2D eigenvalue weighted by Gasteiger charge is 2.19. The summed E-state index contributed by atoms with van der Waals surface area (Å²) in [6, 6.07) is 9.52. The summed E-state index contributed by atoms with van der Waals surface area (Å²) in [5.41, 5.74) is 1.95. The zero-order valence-electron chi connectivity index (χ0n) is 9.61. The van der Waals surface area contributed by atoms with Crippen LogP contribution in [0.4, 0.5) is 0 Å². The van der Waals surface area contributed by atoms with Gasteiger partial charge in [0.1, 0.15) is 12.4 Å². The van der Waals surface area contributed by atoms with Crippen molar-refractivity contribution < 1.29 is 9.53 Å². The average Bonchev–Trinajstić information content (AvgIpc) is 2.94. The lowest BCUT2D eigenvalue weighted by molar-refractivity contribution is 0.0994. The highest BCUT2D eigenvalue weighted by molar-refractivity contribution is 7.16. The third-order valence-corrected chi connectivity index (χ3v) is 4.21. The second-order valence-corrected chi connectivity index (χ2v) is 6.04. The van der Waals surface area contributed by atoms with E-state index in [9.17, 15) is 4.79 Å². The van der Waals surface area contributed by atoms with Gasteiger partial charge in [0.2, 0.25) is 0 Å². The topological polar surface area (TPSA) is 26.3 Å². The molecular formula is C14H11ClO2S. The largest absolute Gasteiger partial charge is 0.488 e. The molecule has 0 amide bonds. The predicted octanol–water partition coefficient (Wildman–Crippen LogP) is 4.11. The molecule has 1 heterocycles. The number of thiophene rings is 1. The van der Waals surface area contributed by atoms with Crippen LogP contribution in [0.1, 0.15) is 27.2 Å². The Balaban J connectivity index is 1.72. The summed E-state index contributed by atoms with van der Waals surface area (Å²) < 4.78 is 6.48. The summed E-state index contributed by atoms with van der Waals surface area (Å²) in [6.45, 7) is 0.518. The van der Waals surface area contributed by atoms with Crippen molar-refractivity contribution in [1.29, 1.82) is 0 Å². The fraction of sp³-hybridized carbons (Fsp3) is 0.214. The van der Waals surface area contributed by atoms with E-state index in [-0.39, 0.29) is 5.78 Å². The van der Waals surface area contributed by atoms with Gasteiger partial charge in [-0.15, -0.1) is 11.3 Å². The van der Waals surface area contributed by atoms with E-state index in [2.05, 4.69) is 0 Å². The van der Waals surface area contributed by atoms with Crippen LogP contribution in [-0.4, -0.2) is 5.78 Å². The van der Waals surface area contributed by atoms with Crippen LogP contribution in [0.2, 0.25) is 4.34 Å². The van der Waals surface area contributed by atoms with Crippen LogP contribution in [0.5, 0.6) is 5.75 Å². The first-order valence-electron chi connectivity index (χ1n) is 5.75. The van der Waals surface area contributed by atoms with Gasteiger partial charge in [0, 0.05) is 16.9 Å². The molecule has 1 aliphatic rings. The molecule has 0 saturated carbocycles. The van der Waals surface area contributed by atoms with Crippen molar-refractivity contribution in [3.05, 3.63) is 50.7 Å². The number of ether oxygens (including phenoxy) is 1. The molecule has 3 rings (SSSR count). The van der Waals surface area contributed by atoms with E-state index < -0.39 is 0 Å². The van der Waals surface area contributed by atoms with Gasteiger partial charge in [0.15, 0.2) is 5.78 Å². The van der Waals surface area contributed by atoms with Crippen molar-refractivity contribution in [2.24, 2.45) is 0 Å². The highest BCUT2D eigenvalue weighted by Crippen LogP contribution is 2.27. The molecule has 0 saturated heterocycles. The molecule has 1 aromatic heterocycles. The van der Waals surface area contributed by atoms with Gasteiger partial charge in [-0.3, -0.25) is 4.79 Å².